The highest BCUT2D eigenvalue weighted by Gasteiger charge is 2.19. The van der Waals surface area contributed by atoms with E-state index >= 15 is 0 Å². The molecule has 0 saturated heterocycles. The summed E-state index contributed by atoms with van der Waals surface area (Å²) in [4.78, 5) is 9.29. The van der Waals surface area contributed by atoms with Crippen molar-refractivity contribution in [2.45, 2.75) is 58.7 Å². The summed E-state index contributed by atoms with van der Waals surface area (Å²) in [6.45, 7) is 6.73. The van der Waals surface area contributed by atoms with Gasteiger partial charge in [0.15, 0.2) is 5.96 Å². The normalized spacial score (nSPS) is 20.0. The summed E-state index contributed by atoms with van der Waals surface area (Å²) in [7, 11) is 0. The van der Waals surface area contributed by atoms with Crippen molar-refractivity contribution in [2.75, 3.05) is 6.54 Å². The van der Waals surface area contributed by atoms with Crippen LogP contribution in [0.5, 0.6) is 0 Å². The molecule has 2 atom stereocenters. The Hall–Kier alpha value is -1.57. The third kappa shape index (κ3) is 6.83. The average Bonchev–Trinajstić information content (AvgIpc) is 3.08. The summed E-state index contributed by atoms with van der Waals surface area (Å²) < 4.78 is 2.17. The number of hydrogen-bond acceptors (Lipinski definition) is 2. The van der Waals surface area contributed by atoms with Gasteiger partial charge in [-0.3, -0.25) is 0 Å². The number of halogens is 1. The fourth-order valence-corrected chi connectivity index (χ4v) is 3.64. The molecular weight excluding hydrogens is 449 g/mol. The van der Waals surface area contributed by atoms with E-state index in [0.29, 0.717) is 12.6 Å². The number of guanidine groups is 1. The van der Waals surface area contributed by atoms with Crippen LogP contribution in [0.4, 0.5) is 0 Å². The predicted octanol–water partition coefficient (Wildman–Crippen LogP) is 4.18. The molecule has 0 bridgehead atoms. The first-order chi connectivity index (χ1) is 12.7. The third-order valence-electron chi connectivity index (χ3n) is 5.00. The number of nitrogens with zero attached hydrogens (tertiary/aromatic N) is 3. The molecule has 0 amide bonds. The molecule has 2 N–H and O–H groups in total. The van der Waals surface area contributed by atoms with E-state index < -0.39 is 0 Å². The zero-order valence-corrected chi connectivity index (χ0v) is 18.7. The van der Waals surface area contributed by atoms with Gasteiger partial charge >= 0.3 is 0 Å². The molecule has 0 radical (unpaired) electrons. The zero-order valence-electron chi connectivity index (χ0n) is 16.4. The van der Waals surface area contributed by atoms with Crippen LogP contribution in [0.3, 0.4) is 0 Å². The van der Waals surface area contributed by atoms with Crippen LogP contribution in [0.15, 0.2) is 47.7 Å². The Bertz CT molecular complexity index is 698. The summed E-state index contributed by atoms with van der Waals surface area (Å²) in [6, 6.07) is 11.0. The molecule has 6 heteroatoms. The van der Waals surface area contributed by atoms with Gasteiger partial charge in [-0.1, -0.05) is 50.1 Å². The first-order valence-electron chi connectivity index (χ1n) is 9.83. The number of hydrogen-bond donors (Lipinski definition) is 2. The largest absolute Gasteiger partial charge is 0.357 e. The van der Waals surface area contributed by atoms with Gasteiger partial charge < -0.3 is 15.2 Å². The predicted molar refractivity (Wildman–Crippen MR) is 123 cm³/mol. The Morgan fingerprint density at radius 2 is 2.07 bits per heavy atom. The fraction of sp³-hybridized carbons (Fsp3) is 0.524. The van der Waals surface area contributed by atoms with Crippen molar-refractivity contribution in [2.24, 2.45) is 10.9 Å². The molecule has 1 aliphatic rings. The van der Waals surface area contributed by atoms with Gasteiger partial charge in [0.25, 0.3) is 0 Å². The molecule has 1 aromatic carbocycles. The Kier molecular flexibility index (Phi) is 9.10. The lowest BCUT2D eigenvalue weighted by Crippen LogP contribution is -2.45. The highest BCUT2D eigenvalue weighted by molar-refractivity contribution is 14.0. The minimum Gasteiger partial charge on any atom is -0.357 e. The molecule has 3 rings (SSSR count). The Balaban J connectivity index is 0.00000261. The van der Waals surface area contributed by atoms with Crippen molar-refractivity contribution >= 4 is 29.9 Å². The van der Waals surface area contributed by atoms with Gasteiger partial charge in [-0.2, -0.15) is 0 Å². The van der Waals surface area contributed by atoms with Crippen LogP contribution in [-0.2, 0) is 13.1 Å². The molecule has 2 unspecified atom stereocenters. The molecule has 1 fully saturated rings. The van der Waals surface area contributed by atoms with Gasteiger partial charge in [0.1, 0.15) is 12.4 Å². The van der Waals surface area contributed by atoms with Crippen LogP contribution in [0, 0.1) is 5.92 Å². The van der Waals surface area contributed by atoms with Crippen molar-refractivity contribution in [3.8, 4) is 0 Å². The van der Waals surface area contributed by atoms with Crippen LogP contribution in [0.2, 0.25) is 0 Å². The lowest BCUT2D eigenvalue weighted by Gasteiger charge is -2.28. The number of rotatable bonds is 6. The van der Waals surface area contributed by atoms with Crippen molar-refractivity contribution in [1.82, 2.24) is 20.2 Å². The molecule has 1 heterocycles. The zero-order chi connectivity index (χ0) is 18.2. The van der Waals surface area contributed by atoms with Crippen molar-refractivity contribution in [3.05, 3.63) is 54.1 Å². The van der Waals surface area contributed by atoms with Crippen molar-refractivity contribution in [3.63, 3.8) is 0 Å². The number of nitrogens with one attached hydrogen (secondary N) is 2. The van der Waals surface area contributed by atoms with Gasteiger partial charge in [-0.05, 0) is 31.2 Å². The summed E-state index contributed by atoms with van der Waals surface area (Å²) in [5.41, 5.74) is 1.27. The third-order valence-corrected chi connectivity index (χ3v) is 5.00. The lowest BCUT2D eigenvalue weighted by atomic mass is 9.87. The average molecular weight is 481 g/mol. The molecule has 1 aliphatic carbocycles. The molecule has 0 spiro atoms. The van der Waals surface area contributed by atoms with E-state index in [1.807, 2.05) is 18.5 Å². The monoisotopic (exact) mass is 481 g/mol. The molecular formula is C21H32IN5. The lowest BCUT2D eigenvalue weighted by molar-refractivity contribution is 0.324. The second-order valence-corrected chi connectivity index (χ2v) is 7.27. The second kappa shape index (κ2) is 11.3. The van der Waals surface area contributed by atoms with E-state index in [1.165, 1.54) is 31.2 Å². The van der Waals surface area contributed by atoms with E-state index in [4.69, 9.17) is 4.99 Å². The molecule has 0 aliphatic heterocycles. The molecule has 1 aromatic heterocycles. The van der Waals surface area contributed by atoms with Crippen molar-refractivity contribution in [1.29, 1.82) is 0 Å². The minimum atomic E-state index is 0. The van der Waals surface area contributed by atoms with Gasteiger partial charge in [0.05, 0.1) is 0 Å². The number of aromatic nitrogens is 2. The SMILES string of the molecule is CCNC(=NCc1nccn1Cc1ccccc1)NC1CCCC(C)C1.I. The first-order valence-corrected chi connectivity index (χ1v) is 9.83. The quantitative estimate of drug-likeness (QED) is 0.370. The van der Waals surface area contributed by atoms with Gasteiger partial charge in [-0.25, -0.2) is 9.98 Å². The minimum absolute atomic E-state index is 0. The summed E-state index contributed by atoms with van der Waals surface area (Å²) in [6.07, 6.45) is 9.00. The molecule has 27 heavy (non-hydrogen) atoms. The Morgan fingerprint density at radius 3 is 2.81 bits per heavy atom. The van der Waals surface area contributed by atoms with Crippen molar-refractivity contribution < 1.29 is 0 Å². The summed E-state index contributed by atoms with van der Waals surface area (Å²) >= 11 is 0. The topological polar surface area (TPSA) is 54.2 Å². The highest BCUT2D eigenvalue weighted by Crippen LogP contribution is 2.23. The van der Waals surface area contributed by atoms with E-state index in [2.05, 4.69) is 58.3 Å². The van der Waals surface area contributed by atoms with E-state index in [0.717, 1.165) is 30.8 Å². The highest BCUT2D eigenvalue weighted by atomic mass is 127. The van der Waals surface area contributed by atoms with Crippen LogP contribution >= 0.6 is 24.0 Å². The second-order valence-electron chi connectivity index (χ2n) is 7.27. The first kappa shape index (κ1) is 21.7. The van der Waals surface area contributed by atoms with Crippen LogP contribution in [-0.4, -0.2) is 28.1 Å². The standard InChI is InChI=1S/C21H31N5.HI/c1-3-22-21(25-19-11-7-8-17(2)14-19)24-15-20-23-12-13-26(20)16-18-9-5-4-6-10-18;/h4-6,9-10,12-13,17,19H,3,7-8,11,14-16H2,1-2H3,(H2,22,24,25);1H. The maximum absolute atomic E-state index is 4.79. The maximum atomic E-state index is 4.79. The molecule has 148 valence electrons. The van der Waals surface area contributed by atoms with Gasteiger partial charge in [0, 0.05) is 31.5 Å². The fourth-order valence-electron chi connectivity index (χ4n) is 3.64. The molecule has 1 saturated carbocycles. The van der Waals surface area contributed by atoms with Crippen LogP contribution in [0.25, 0.3) is 0 Å². The number of aliphatic imine (C=N–C) groups is 1. The van der Waals surface area contributed by atoms with Gasteiger partial charge in [-0.15, -0.1) is 24.0 Å². The van der Waals surface area contributed by atoms with E-state index in [-0.39, 0.29) is 24.0 Å². The molecule has 2 aromatic rings. The van der Waals surface area contributed by atoms with Crippen LogP contribution in [0.1, 0.15) is 50.9 Å². The van der Waals surface area contributed by atoms with E-state index in [9.17, 15) is 0 Å². The van der Waals surface area contributed by atoms with Crippen LogP contribution < -0.4 is 10.6 Å². The number of benzene rings is 1. The number of imidazole rings is 1. The van der Waals surface area contributed by atoms with E-state index in [1.54, 1.807) is 0 Å². The maximum Gasteiger partial charge on any atom is 0.191 e. The Labute approximate surface area is 180 Å². The Morgan fingerprint density at radius 1 is 1.26 bits per heavy atom. The van der Waals surface area contributed by atoms with Gasteiger partial charge in [0.2, 0.25) is 0 Å². The molecule has 5 nitrogen and oxygen atoms in total. The summed E-state index contributed by atoms with van der Waals surface area (Å²) in [5, 5.41) is 7.00. The smallest absolute Gasteiger partial charge is 0.191 e. The summed E-state index contributed by atoms with van der Waals surface area (Å²) in [5.74, 6) is 2.69.